The lowest BCUT2D eigenvalue weighted by molar-refractivity contribution is 0.0845. The number of benzene rings is 1. The first-order valence-electron chi connectivity index (χ1n) is 8.13. The molecule has 0 atom stereocenters. The van der Waals surface area contributed by atoms with Crippen LogP contribution in [0.1, 0.15) is 52.5 Å². The molecule has 1 heterocycles. The second-order valence-electron chi connectivity index (χ2n) is 8.39. The van der Waals surface area contributed by atoms with Crippen LogP contribution in [0.2, 0.25) is 0 Å². The van der Waals surface area contributed by atoms with Crippen LogP contribution in [-0.4, -0.2) is 11.0 Å². The number of aromatic amines is 1. The molecule has 0 aliphatic heterocycles. The molecule has 114 valence electrons. The van der Waals surface area contributed by atoms with E-state index >= 15 is 0 Å². The van der Waals surface area contributed by atoms with Crippen molar-refractivity contribution in [2.24, 2.45) is 10.8 Å². The number of hydrogen-bond acceptors (Lipinski definition) is 1. The quantitative estimate of drug-likeness (QED) is 0.827. The van der Waals surface area contributed by atoms with E-state index in [-0.39, 0.29) is 0 Å². The summed E-state index contributed by atoms with van der Waals surface area (Å²) in [5.74, 6) is 0. The molecule has 2 heteroatoms. The molecule has 1 aromatic heterocycles. The van der Waals surface area contributed by atoms with Gasteiger partial charge < -0.3 is 10.3 Å². The van der Waals surface area contributed by atoms with Crippen LogP contribution in [0.4, 0.5) is 0 Å². The average molecular weight is 284 g/mol. The van der Waals surface area contributed by atoms with Gasteiger partial charge in [-0.1, -0.05) is 39.8 Å². The predicted octanol–water partition coefficient (Wildman–Crippen LogP) is 4.86. The van der Waals surface area contributed by atoms with Gasteiger partial charge in [-0.25, -0.2) is 0 Å². The van der Waals surface area contributed by atoms with Crippen LogP contribution in [0.25, 0.3) is 10.9 Å². The van der Waals surface area contributed by atoms with E-state index in [0.717, 1.165) is 6.54 Å². The smallest absolute Gasteiger partial charge is 0.0457 e. The van der Waals surface area contributed by atoms with Crippen LogP contribution < -0.4 is 5.32 Å². The second-order valence-corrected chi connectivity index (χ2v) is 8.39. The summed E-state index contributed by atoms with van der Waals surface area (Å²) < 4.78 is 0. The Morgan fingerprint density at radius 2 is 1.81 bits per heavy atom. The van der Waals surface area contributed by atoms with Crippen LogP contribution in [-0.2, 0) is 6.54 Å². The van der Waals surface area contributed by atoms with Gasteiger partial charge in [0, 0.05) is 24.3 Å². The van der Waals surface area contributed by atoms with Gasteiger partial charge in [-0.15, -0.1) is 0 Å². The summed E-state index contributed by atoms with van der Waals surface area (Å²) >= 11 is 0. The second kappa shape index (κ2) is 5.17. The lowest BCUT2D eigenvalue weighted by atomic mass is 9.63. The Morgan fingerprint density at radius 3 is 2.52 bits per heavy atom. The molecule has 1 aliphatic carbocycles. The summed E-state index contributed by atoms with van der Waals surface area (Å²) in [6.07, 6.45) is 5.89. The molecule has 2 N–H and O–H groups in total. The van der Waals surface area contributed by atoms with E-state index in [4.69, 9.17) is 0 Å². The normalized spacial score (nSPS) is 21.7. The molecular weight excluding hydrogens is 256 g/mol. The van der Waals surface area contributed by atoms with E-state index in [1.807, 2.05) is 6.20 Å². The Labute approximate surface area is 128 Å². The molecule has 2 nitrogen and oxygen atoms in total. The van der Waals surface area contributed by atoms with Crippen LogP contribution in [0, 0.1) is 10.8 Å². The lowest BCUT2D eigenvalue weighted by Crippen LogP contribution is -2.43. The molecular formula is C19H28N2. The van der Waals surface area contributed by atoms with Crippen LogP contribution in [0.5, 0.6) is 0 Å². The van der Waals surface area contributed by atoms with Crippen molar-refractivity contribution < 1.29 is 0 Å². The zero-order chi connectivity index (χ0) is 15.1. The first-order valence-corrected chi connectivity index (χ1v) is 8.13. The van der Waals surface area contributed by atoms with Gasteiger partial charge in [-0.05, 0) is 53.2 Å². The minimum Gasteiger partial charge on any atom is -0.361 e. The highest BCUT2D eigenvalue weighted by atomic mass is 14.9. The molecule has 21 heavy (non-hydrogen) atoms. The molecule has 1 saturated carbocycles. The summed E-state index contributed by atoms with van der Waals surface area (Å²) in [6, 6.07) is 9.46. The molecule has 0 radical (unpaired) electrons. The summed E-state index contributed by atoms with van der Waals surface area (Å²) in [5, 5.41) is 5.08. The topological polar surface area (TPSA) is 27.8 Å². The zero-order valence-corrected chi connectivity index (χ0v) is 13.8. The summed E-state index contributed by atoms with van der Waals surface area (Å²) in [4.78, 5) is 3.30. The molecule has 0 bridgehead atoms. The number of H-pyrrole nitrogens is 1. The van der Waals surface area contributed by atoms with Gasteiger partial charge >= 0.3 is 0 Å². The maximum atomic E-state index is 3.79. The fourth-order valence-electron chi connectivity index (χ4n) is 4.46. The first-order chi connectivity index (χ1) is 9.83. The highest BCUT2D eigenvalue weighted by Gasteiger charge is 2.38. The molecule has 0 spiro atoms. The van der Waals surface area contributed by atoms with Gasteiger partial charge in [-0.3, -0.25) is 0 Å². The van der Waals surface area contributed by atoms with Crippen molar-refractivity contribution in [3.8, 4) is 0 Å². The molecule has 3 rings (SSSR count). The molecule has 1 fully saturated rings. The Kier molecular flexibility index (Phi) is 3.61. The maximum Gasteiger partial charge on any atom is 0.0457 e. The van der Waals surface area contributed by atoms with E-state index in [2.05, 4.69) is 62.3 Å². The van der Waals surface area contributed by atoms with Gasteiger partial charge in [0.05, 0.1) is 0 Å². The molecule has 1 aliphatic rings. The summed E-state index contributed by atoms with van der Waals surface area (Å²) in [6.45, 7) is 10.6. The highest BCUT2D eigenvalue weighted by Crippen LogP contribution is 2.45. The van der Waals surface area contributed by atoms with E-state index < -0.39 is 0 Å². The average Bonchev–Trinajstić information content (AvgIpc) is 2.79. The Balaban J connectivity index is 1.66. The van der Waals surface area contributed by atoms with Crippen LogP contribution in [0.3, 0.4) is 0 Å². The Morgan fingerprint density at radius 1 is 1.10 bits per heavy atom. The van der Waals surface area contributed by atoms with E-state index in [1.165, 1.54) is 35.7 Å². The fraction of sp³-hybridized carbons (Fsp3) is 0.579. The number of aromatic nitrogens is 1. The number of fused-ring (bicyclic) bond motifs is 1. The van der Waals surface area contributed by atoms with E-state index in [9.17, 15) is 0 Å². The monoisotopic (exact) mass is 284 g/mol. The minimum absolute atomic E-state index is 0.447. The first kappa shape index (κ1) is 14.6. The fourth-order valence-corrected chi connectivity index (χ4v) is 4.46. The van der Waals surface area contributed by atoms with E-state index in [0.29, 0.717) is 16.9 Å². The zero-order valence-electron chi connectivity index (χ0n) is 13.8. The van der Waals surface area contributed by atoms with Crippen molar-refractivity contribution in [1.82, 2.24) is 10.3 Å². The minimum atomic E-state index is 0.447. The van der Waals surface area contributed by atoms with Gasteiger partial charge in [0.25, 0.3) is 0 Å². The third-order valence-corrected chi connectivity index (χ3v) is 4.77. The molecule has 0 unspecified atom stereocenters. The van der Waals surface area contributed by atoms with Gasteiger partial charge in [0.1, 0.15) is 0 Å². The predicted molar refractivity (Wildman–Crippen MR) is 90.3 cm³/mol. The Bertz CT molecular complexity index is 605. The van der Waals surface area contributed by atoms with Gasteiger partial charge in [0.15, 0.2) is 0 Å². The van der Waals surface area contributed by atoms with Crippen LogP contribution >= 0.6 is 0 Å². The summed E-state index contributed by atoms with van der Waals surface area (Å²) in [7, 11) is 0. The number of rotatable bonds is 3. The third kappa shape index (κ3) is 3.49. The maximum absolute atomic E-state index is 3.79. The van der Waals surface area contributed by atoms with Crippen molar-refractivity contribution in [2.75, 3.05) is 0 Å². The van der Waals surface area contributed by atoms with Gasteiger partial charge in [-0.2, -0.15) is 0 Å². The van der Waals surface area contributed by atoms with Crippen molar-refractivity contribution in [1.29, 1.82) is 0 Å². The van der Waals surface area contributed by atoms with Crippen molar-refractivity contribution in [3.05, 3.63) is 36.0 Å². The highest BCUT2D eigenvalue weighted by molar-refractivity contribution is 5.79. The van der Waals surface area contributed by atoms with E-state index in [1.54, 1.807) is 0 Å². The molecule has 0 amide bonds. The number of hydrogen-bond donors (Lipinski definition) is 2. The molecule has 2 aromatic rings. The lowest BCUT2D eigenvalue weighted by Gasteiger charge is -2.45. The van der Waals surface area contributed by atoms with Crippen LogP contribution in [0.15, 0.2) is 30.5 Å². The largest absolute Gasteiger partial charge is 0.361 e. The molecule has 0 saturated heterocycles. The van der Waals surface area contributed by atoms with Crippen molar-refractivity contribution in [3.63, 3.8) is 0 Å². The molecule has 1 aromatic carbocycles. The summed E-state index contributed by atoms with van der Waals surface area (Å²) in [5.41, 5.74) is 3.50. The van der Waals surface area contributed by atoms with Crippen molar-refractivity contribution in [2.45, 2.75) is 59.5 Å². The third-order valence-electron chi connectivity index (χ3n) is 4.77. The van der Waals surface area contributed by atoms with Gasteiger partial charge in [0.2, 0.25) is 0 Å². The number of nitrogens with one attached hydrogen (secondary N) is 2. The standard InChI is InChI=1S/C19H28N2/c1-18(2)10-16(11-19(3,4)13-18)21-12-14-5-6-15-7-8-20-17(15)9-14/h5-9,16,20-21H,10-13H2,1-4H3. The van der Waals surface area contributed by atoms with Crippen molar-refractivity contribution >= 4 is 10.9 Å². The Hall–Kier alpha value is -1.28. The SMILES string of the molecule is CC1(C)CC(NCc2ccc3cc[nH]c3c2)CC(C)(C)C1.